The van der Waals surface area contributed by atoms with E-state index in [0.29, 0.717) is 42.0 Å². The molecule has 4 rings (SSSR count). The summed E-state index contributed by atoms with van der Waals surface area (Å²) in [5, 5.41) is 2.93. The van der Waals surface area contributed by atoms with Crippen molar-refractivity contribution >= 4 is 38.9 Å². The van der Waals surface area contributed by atoms with Crippen LogP contribution in [0.25, 0.3) is 11.1 Å². The summed E-state index contributed by atoms with van der Waals surface area (Å²) in [7, 11) is -3.63. The van der Waals surface area contributed by atoms with Gasteiger partial charge >= 0.3 is 0 Å². The molecule has 0 aliphatic carbocycles. The van der Waals surface area contributed by atoms with Gasteiger partial charge in [-0.3, -0.25) is 14.3 Å². The summed E-state index contributed by atoms with van der Waals surface area (Å²) in [5.41, 5.74) is 9.75. The molecule has 0 aromatic heterocycles. The van der Waals surface area contributed by atoms with E-state index in [1.165, 1.54) is 0 Å². The second-order valence-corrected chi connectivity index (χ2v) is 11.0. The van der Waals surface area contributed by atoms with Gasteiger partial charge in [0.2, 0.25) is 15.9 Å². The number of morpholine rings is 1. The Bertz CT molecular complexity index is 1450. The van der Waals surface area contributed by atoms with Gasteiger partial charge in [-0.25, -0.2) is 8.42 Å². The van der Waals surface area contributed by atoms with Crippen molar-refractivity contribution in [2.24, 2.45) is 5.73 Å². The molecule has 38 heavy (non-hydrogen) atoms. The molecule has 0 saturated carbocycles. The Labute approximate surface area is 223 Å². The number of rotatable bonds is 9. The van der Waals surface area contributed by atoms with Crippen LogP contribution in [0.3, 0.4) is 0 Å². The summed E-state index contributed by atoms with van der Waals surface area (Å²) in [6.07, 6.45) is 0.438. The van der Waals surface area contributed by atoms with E-state index in [1.54, 1.807) is 49.4 Å². The van der Waals surface area contributed by atoms with Gasteiger partial charge in [-0.05, 0) is 66.9 Å². The minimum atomic E-state index is -3.63. The van der Waals surface area contributed by atoms with E-state index in [0.717, 1.165) is 24.3 Å². The number of primary amides is 1. The second-order valence-electron chi connectivity index (χ2n) is 9.15. The third kappa shape index (κ3) is 6.32. The number of anilines is 3. The number of aryl methyl sites for hydroxylation is 1. The van der Waals surface area contributed by atoms with Gasteiger partial charge in [0.15, 0.2) is 0 Å². The molecule has 1 fully saturated rings. The molecule has 4 N–H and O–H groups in total. The Morgan fingerprint density at radius 3 is 2.47 bits per heavy atom. The van der Waals surface area contributed by atoms with Crippen molar-refractivity contribution in [2.75, 3.05) is 47.0 Å². The predicted octanol–water partition coefficient (Wildman–Crippen LogP) is 4.00. The van der Waals surface area contributed by atoms with Crippen LogP contribution in [0.15, 0.2) is 60.7 Å². The fourth-order valence-corrected chi connectivity index (χ4v) is 5.60. The van der Waals surface area contributed by atoms with Crippen molar-refractivity contribution in [3.8, 4) is 11.1 Å². The van der Waals surface area contributed by atoms with Gasteiger partial charge in [-0.2, -0.15) is 0 Å². The number of ether oxygens (including phenoxy) is 1. The first-order chi connectivity index (χ1) is 18.2. The van der Waals surface area contributed by atoms with Crippen LogP contribution in [-0.2, 0) is 14.8 Å². The number of hydrogen-bond donors (Lipinski definition) is 3. The molecule has 0 radical (unpaired) electrons. The van der Waals surface area contributed by atoms with E-state index < -0.39 is 15.9 Å². The molecule has 200 valence electrons. The van der Waals surface area contributed by atoms with Crippen LogP contribution in [0.5, 0.6) is 0 Å². The van der Waals surface area contributed by atoms with Crippen molar-refractivity contribution in [3.05, 3.63) is 77.4 Å². The Kier molecular flexibility index (Phi) is 8.33. The molecule has 3 aromatic carbocycles. The fraction of sp³-hybridized carbons (Fsp3) is 0.286. The molecule has 1 saturated heterocycles. The van der Waals surface area contributed by atoms with Gasteiger partial charge in [0, 0.05) is 41.2 Å². The van der Waals surface area contributed by atoms with Gasteiger partial charge in [0.1, 0.15) is 0 Å². The normalized spacial score (nSPS) is 13.7. The lowest BCUT2D eigenvalue weighted by Crippen LogP contribution is -2.36. The number of benzene rings is 3. The number of hydrogen-bond acceptors (Lipinski definition) is 6. The molecule has 0 atom stereocenters. The van der Waals surface area contributed by atoms with E-state index in [-0.39, 0.29) is 22.9 Å². The van der Waals surface area contributed by atoms with Crippen molar-refractivity contribution in [1.29, 1.82) is 0 Å². The molecule has 1 aliphatic heterocycles. The lowest BCUT2D eigenvalue weighted by Gasteiger charge is -2.29. The zero-order valence-corrected chi connectivity index (χ0v) is 22.3. The monoisotopic (exact) mass is 536 g/mol. The first kappa shape index (κ1) is 27.2. The zero-order valence-electron chi connectivity index (χ0n) is 21.5. The molecule has 9 nitrogen and oxygen atoms in total. The van der Waals surface area contributed by atoms with Gasteiger partial charge in [-0.1, -0.05) is 25.1 Å². The summed E-state index contributed by atoms with van der Waals surface area (Å²) in [5.74, 6) is -1.04. The highest BCUT2D eigenvalue weighted by Gasteiger charge is 2.21. The third-order valence-corrected chi connectivity index (χ3v) is 7.79. The Hall–Kier alpha value is -3.89. The molecule has 0 spiro atoms. The van der Waals surface area contributed by atoms with E-state index in [4.69, 9.17) is 10.5 Å². The molecule has 10 heteroatoms. The number of carbonyl (C=O) groups excluding carboxylic acids is 2. The number of carbonyl (C=O) groups is 2. The predicted molar refractivity (Wildman–Crippen MR) is 150 cm³/mol. The highest BCUT2D eigenvalue weighted by molar-refractivity contribution is 7.92. The van der Waals surface area contributed by atoms with Crippen molar-refractivity contribution in [2.45, 2.75) is 20.3 Å². The number of amides is 2. The molecule has 1 aliphatic rings. The molecular formula is C28H32N4O5S. The number of nitrogens with zero attached hydrogens (tertiary/aromatic N) is 1. The van der Waals surface area contributed by atoms with Crippen molar-refractivity contribution in [3.63, 3.8) is 0 Å². The number of nitrogens with two attached hydrogens (primary N) is 1. The molecule has 2 amide bonds. The molecule has 1 heterocycles. The summed E-state index contributed by atoms with van der Waals surface area (Å²) >= 11 is 0. The van der Waals surface area contributed by atoms with Crippen LogP contribution in [0.1, 0.15) is 39.6 Å². The quantitative estimate of drug-likeness (QED) is 0.379. The Morgan fingerprint density at radius 1 is 1.03 bits per heavy atom. The topological polar surface area (TPSA) is 131 Å². The minimum Gasteiger partial charge on any atom is -0.378 e. The highest BCUT2D eigenvalue weighted by Crippen LogP contribution is 2.36. The van der Waals surface area contributed by atoms with E-state index in [9.17, 15) is 18.0 Å². The average Bonchev–Trinajstić information content (AvgIpc) is 2.90. The van der Waals surface area contributed by atoms with Crippen LogP contribution in [0.4, 0.5) is 17.1 Å². The lowest BCUT2D eigenvalue weighted by molar-refractivity contribution is 0.0998. The Balaban J connectivity index is 1.68. The largest absolute Gasteiger partial charge is 0.378 e. The highest BCUT2D eigenvalue weighted by atomic mass is 32.2. The maximum absolute atomic E-state index is 13.2. The van der Waals surface area contributed by atoms with Crippen LogP contribution in [-0.4, -0.2) is 52.3 Å². The Morgan fingerprint density at radius 2 is 1.76 bits per heavy atom. The average molecular weight is 537 g/mol. The maximum atomic E-state index is 13.2. The van der Waals surface area contributed by atoms with Crippen LogP contribution in [0.2, 0.25) is 0 Å². The lowest BCUT2D eigenvalue weighted by atomic mass is 9.93. The van der Waals surface area contributed by atoms with Crippen LogP contribution >= 0.6 is 0 Å². The summed E-state index contributed by atoms with van der Waals surface area (Å²) in [6, 6.07) is 17.4. The van der Waals surface area contributed by atoms with E-state index >= 15 is 0 Å². The first-order valence-corrected chi connectivity index (χ1v) is 14.1. The standard InChI is InChI=1S/C28H32N4O5S/c1-3-16-38(35,36)31-25-9-5-8-23(27(29)33)26(25)24-18-21(11-10-19(24)2)30-28(34)20-6-4-7-22(17-20)32-12-14-37-15-13-32/h4-11,17-18,31H,3,12-16H2,1-2H3,(H2,29,33)(H,30,34). The van der Waals surface area contributed by atoms with E-state index in [1.807, 2.05) is 25.1 Å². The molecular weight excluding hydrogens is 504 g/mol. The van der Waals surface area contributed by atoms with Gasteiger partial charge < -0.3 is 20.7 Å². The SMILES string of the molecule is CCCS(=O)(=O)Nc1cccc(C(N)=O)c1-c1cc(NC(=O)c2cccc(N3CCOCC3)c2)ccc1C. The van der Waals surface area contributed by atoms with Gasteiger partial charge in [0.05, 0.1) is 24.7 Å². The van der Waals surface area contributed by atoms with Gasteiger partial charge in [-0.15, -0.1) is 0 Å². The smallest absolute Gasteiger partial charge is 0.255 e. The molecule has 0 unspecified atom stereocenters. The van der Waals surface area contributed by atoms with Crippen LogP contribution < -0.4 is 20.7 Å². The van der Waals surface area contributed by atoms with Crippen molar-refractivity contribution in [1.82, 2.24) is 0 Å². The second kappa shape index (κ2) is 11.7. The number of nitrogens with one attached hydrogen (secondary N) is 2. The molecule has 0 bridgehead atoms. The zero-order chi connectivity index (χ0) is 27.3. The van der Waals surface area contributed by atoms with Crippen molar-refractivity contribution < 1.29 is 22.7 Å². The van der Waals surface area contributed by atoms with Crippen LogP contribution in [0, 0.1) is 6.92 Å². The van der Waals surface area contributed by atoms with Gasteiger partial charge in [0.25, 0.3) is 5.91 Å². The molecule has 3 aromatic rings. The number of sulfonamides is 1. The maximum Gasteiger partial charge on any atom is 0.255 e. The first-order valence-electron chi connectivity index (χ1n) is 12.5. The summed E-state index contributed by atoms with van der Waals surface area (Å²) in [6.45, 7) is 6.42. The minimum absolute atomic E-state index is 0.0637. The van der Waals surface area contributed by atoms with E-state index in [2.05, 4.69) is 14.9 Å². The fourth-order valence-electron chi connectivity index (χ4n) is 4.46. The summed E-state index contributed by atoms with van der Waals surface area (Å²) < 4.78 is 33.1. The summed E-state index contributed by atoms with van der Waals surface area (Å²) in [4.78, 5) is 27.7. The third-order valence-electron chi connectivity index (χ3n) is 6.32.